The molecule has 3 rings (SSSR count). The van der Waals surface area contributed by atoms with E-state index >= 15 is 0 Å². The van der Waals surface area contributed by atoms with Crippen molar-refractivity contribution in [3.05, 3.63) is 51.7 Å². The van der Waals surface area contributed by atoms with E-state index in [1.807, 2.05) is 11.3 Å². The van der Waals surface area contributed by atoms with Crippen molar-refractivity contribution in [2.45, 2.75) is 57.5 Å². The molecule has 1 aromatic carbocycles. The highest BCUT2D eigenvalue weighted by Crippen LogP contribution is 2.32. The van der Waals surface area contributed by atoms with Crippen LogP contribution >= 0.6 is 23.1 Å². The normalized spacial score (nSPS) is 11.4. The van der Waals surface area contributed by atoms with Gasteiger partial charge in [-0.3, -0.25) is 0 Å². The summed E-state index contributed by atoms with van der Waals surface area (Å²) in [6.45, 7) is 9.75. The zero-order valence-electron chi connectivity index (χ0n) is 15.3. The van der Waals surface area contributed by atoms with Crippen LogP contribution in [0.4, 0.5) is 0 Å². The van der Waals surface area contributed by atoms with Gasteiger partial charge in [-0.15, -0.1) is 21.5 Å². The fourth-order valence-corrected chi connectivity index (χ4v) is 4.57. The average Bonchev–Trinajstić information content (AvgIpc) is 3.20. The summed E-state index contributed by atoms with van der Waals surface area (Å²) in [4.78, 5) is 1.40. The molecule has 0 amide bonds. The zero-order chi connectivity index (χ0) is 17.8. The predicted molar refractivity (Wildman–Crippen MR) is 108 cm³/mol. The molecule has 0 saturated heterocycles. The van der Waals surface area contributed by atoms with Gasteiger partial charge in [-0.2, -0.15) is 0 Å². The molecule has 2 aromatic heterocycles. The Bertz CT molecular complexity index is 833. The third kappa shape index (κ3) is 4.33. The van der Waals surface area contributed by atoms with Crippen LogP contribution in [0.25, 0.3) is 11.4 Å². The predicted octanol–water partition coefficient (Wildman–Crippen LogP) is 6.14. The van der Waals surface area contributed by atoms with Crippen LogP contribution in [-0.4, -0.2) is 14.8 Å². The van der Waals surface area contributed by atoms with E-state index in [-0.39, 0.29) is 0 Å². The van der Waals surface area contributed by atoms with Crippen LogP contribution in [0.15, 0.2) is 40.9 Å². The van der Waals surface area contributed by atoms with E-state index in [9.17, 15) is 0 Å². The summed E-state index contributed by atoms with van der Waals surface area (Å²) in [5, 5.41) is 12.2. The van der Waals surface area contributed by atoms with Crippen molar-refractivity contribution < 1.29 is 0 Å². The lowest BCUT2D eigenvalue weighted by atomic mass is 10.1. The van der Waals surface area contributed by atoms with Gasteiger partial charge in [0, 0.05) is 28.1 Å². The molecule has 0 bridgehead atoms. The van der Waals surface area contributed by atoms with Crippen LogP contribution in [0, 0.1) is 6.92 Å². The molecule has 0 fully saturated rings. The van der Waals surface area contributed by atoms with Crippen LogP contribution in [0.2, 0.25) is 0 Å². The number of aryl methyl sites for hydroxylation is 1. The quantitative estimate of drug-likeness (QED) is 0.467. The van der Waals surface area contributed by atoms with Gasteiger partial charge in [-0.25, -0.2) is 0 Å². The first-order chi connectivity index (χ1) is 12.1. The number of hydrogen-bond donors (Lipinski definition) is 0. The molecular weight excluding hydrogens is 346 g/mol. The molecule has 0 aliphatic rings. The highest BCUT2D eigenvalue weighted by atomic mass is 32.2. The topological polar surface area (TPSA) is 30.7 Å². The summed E-state index contributed by atoms with van der Waals surface area (Å²) in [6.07, 6.45) is 1.07. The highest BCUT2D eigenvalue weighted by molar-refractivity contribution is 7.98. The van der Waals surface area contributed by atoms with Gasteiger partial charge >= 0.3 is 0 Å². The summed E-state index contributed by atoms with van der Waals surface area (Å²) in [5.74, 6) is 2.47. The van der Waals surface area contributed by atoms with Gasteiger partial charge < -0.3 is 4.57 Å². The van der Waals surface area contributed by atoms with Gasteiger partial charge in [-0.05, 0) is 30.9 Å². The van der Waals surface area contributed by atoms with E-state index in [1.165, 1.54) is 21.6 Å². The van der Waals surface area contributed by atoms with Gasteiger partial charge in [0.2, 0.25) is 0 Å². The Balaban J connectivity index is 1.83. The molecule has 0 N–H and O–H groups in total. The van der Waals surface area contributed by atoms with Crippen LogP contribution in [-0.2, 0) is 12.3 Å². The van der Waals surface area contributed by atoms with Gasteiger partial charge in [0.25, 0.3) is 0 Å². The third-order valence-electron chi connectivity index (χ3n) is 4.06. The van der Waals surface area contributed by atoms with Gasteiger partial charge in [0.1, 0.15) is 0 Å². The van der Waals surface area contributed by atoms with Crippen LogP contribution < -0.4 is 0 Å². The van der Waals surface area contributed by atoms with E-state index in [4.69, 9.17) is 0 Å². The molecule has 0 aliphatic heterocycles. The molecule has 0 radical (unpaired) electrons. The lowest BCUT2D eigenvalue weighted by Crippen LogP contribution is -2.01. The number of hydrogen-bond acceptors (Lipinski definition) is 4. The Morgan fingerprint density at radius 3 is 2.72 bits per heavy atom. The largest absolute Gasteiger partial charge is 0.302 e. The van der Waals surface area contributed by atoms with Gasteiger partial charge in [-0.1, -0.05) is 62.4 Å². The summed E-state index contributed by atoms with van der Waals surface area (Å²) < 4.78 is 2.27. The number of thioether (sulfide) groups is 1. The Morgan fingerprint density at radius 2 is 2.04 bits per heavy atom. The Kier molecular flexibility index (Phi) is 5.97. The first-order valence-corrected chi connectivity index (χ1v) is 10.6. The molecule has 25 heavy (non-hydrogen) atoms. The molecule has 2 heterocycles. The fraction of sp³-hybridized carbons (Fsp3) is 0.400. The Labute approximate surface area is 158 Å². The minimum absolute atomic E-state index is 0.552. The summed E-state index contributed by atoms with van der Waals surface area (Å²) in [6, 6.07) is 10.9. The maximum Gasteiger partial charge on any atom is 0.191 e. The monoisotopic (exact) mass is 371 g/mol. The molecule has 5 heteroatoms. The second-order valence-corrected chi connectivity index (χ2v) is 8.51. The zero-order valence-corrected chi connectivity index (χ0v) is 17.0. The number of thiophene rings is 1. The summed E-state index contributed by atoms with van der Waals surface area (Å²) >= 11 is 3.58. The lowest BCUT2D eigenvalue weighted by molar-refractivity contribution is 0.626. The standard InChI is InChI=1S/C20H25N3S2/c1-5-9-23-19(17-11-18(14(2)3)24-13-17)21-22-20(23)25-12-16-8-6-7-15(4)10-16/h6-8,10-11,13-14H,5,9,12H2,1-4H3. The van der Waals surface area contributed by atoms with Crippen LogP contribution in [0.3, 0.4) is 0 Å². The van der Waals surface area contributed by atoms with Crippen LogP contribution in [0.5, 0.6) is 0 Å². The Morgan fingerprint density at radius 1 is 1.20 bits per heavy atom. The summed E-state index contributed by atoms with van der Waals surface area (Å²) in [7, 11) is 0. The summed E-state index contributed by atoms with van der Waals surface area (Å²) in [5.41, 5.74) is 3.82. The van der Waals surface area contributed by atoms with E-state index < -0.39 is 0 Å². The van der Waals surface area contributed by atoms with Gasteiger partial charge in [0.05, 0.1) is 0 Å². The van der Waals surface area contributed by atoms with Gasteiger partial charge in [0.15, 0.2) is 11.0 Å². The van der Waals surface area contributed by atoms with E-state index in [0.29, 0.717) is 5.92 Å². The van der Waals surface area contributed by atoms with Crippen LogP contribution in [0.1, 0.15) is 49.1 Å². The smallest absolute Gasteiger partial charge is 0.191 e. The maximum atomic E-state index is 4.51. The minimum Gasteiger partial charge on any atom is -0.302 e. The molecule has 0 aliphatic carbocycles. The number of rotatable bonds is 7. The number of benzene rings is 1. The molecule has 0 spiro atoms. The van der Waals surface area contributed by atoms with Crippen molar-refractivity contribution >= 4 is 23.1 Å². The molecule has 0 saturated carbocycles. The Hall–Kier alpha value is -1.59. The van der Waals surface area contributed by atoms with Crippen molar-refractivity contribution in [2.75, 3.05) is 0 Å². The van der Waals surface area contributed by atoms with Crippen molar-refractivity contribution in [3.63, 3.8) is 0 Å². The average molecular weight is 372 g/mol. The van der Waals surface area contributed by atoms with Crippen molar-refractivity contribution in [1.82, 2.24) is 14.8 Å². The van der Waals surface area contributed by atoms with Crippen molar-refractivity contribution in [3.8, 4) is 11.4 Å². The van der Waals surface area contributed by atoms with Crippen molar-refractivity contribution in [1.29, 1.82) is 0 Å². The highest BCUT2D eigenvalue weighted by Gasteiger charge is 2.16. The molecule has 0 unspecified atom stereocenters. The molecule has 0 atom stereocenters. The molecule has 3 nitrogen and oxygen atoms in total. The fourth-order valence-electron chi connectivity index (χ4n) is 2.76. The third-order valence-corrected chi connectivity index (χ3v) is 6.33. The van der Waals surface area contributed by atoms with E-state index in [1.54, 1.807) is 11.8 Å². The van der Waals surface area contributed by atoms with E-state index in [0.717, 1.165) is 29.7 Å². The SMILES string of the molecule is CCCn1c(SCc2cccc(C)c2)nnc1-c1csc(C(C)C)c1. The number of nitrogens with zero attached hydrogens (tertiary/aromatic N) is 3. The second-order valence-electron chi connectivity index (χ2n) is 6.63. The first kappa shape index (κ1) is 18.2. The molecule has 3 aromatic rings. The second kappa shape index (κ2) is 8.19. The van der Waals surface area contributed by atoms with E-state index in [2.05, 4.69) is 78.2 Å². The lowest BCUT2D eigenvalue weighted by Gasteiger charge is -2.08. The first-order valence-electron chi connectivity index (χ1n) is 8.78. The van der Waals surface area contributed by atoms with Crippen molar-refractivity contribution in [2.24, 2.45) is 0 Å². The number of aromatic nitrogens is 3. The molecular formula is C20H25N3S2. The minimum atomic E-state index is 0.552. The molecule has 132 valence electrons. The maximum absolute atomic E-state index is 4.51.